The molecule has 0 radical (unpaired) electrons. The van der Waals surface area contributed by atoms with Crippen molar-refractivity contribution < 1.29 is 27.4 Å². The normalized spacial score (nSPS) is 12.5. The van der Waals surface area contributed by atoms with Crippen LogP contribution in [-0.4, -0.2) is 18.2 Å². The molecular formula is C17H20F3IO3. The highest BCUT2D eigenvalue weighted by molar-refractivity contribution is 14.1. The number of hydrogen-bond acceptors (Lipinski definition) is 3. The standard InChI is InChI=1S/C17H20F3IO3/c1-11-12(17(18,19)20)8-9-13(21)15(11)23-10-6-5-7-14(22)24-16(2,3)4/h5,7-9H,6,10H2,1-4H3. The maximum absolute atomic E-state index is 12.9. The van der Waals surface area contributed by atoms with Gasteiger partial charge in [0.05, 0.1) is 15.7 Å². The van der Waals surface area contributed by atoms with E-state index in [1.54, 1.807) is 26.8 Å². The van der Waals surface area contributed by atoms with E-state index in [0.29, 0.717) is 9.99 Å². The summed E-state index contributed by atoms with van der Waals surface area (Å²) >= 11 is 1.93. The molecule has 0 amide bonds. The zero-order chi connectivity index (χ0) is 18.5. The van der Waals surface area contributed by atoms with Gasteiger partial charge in [-0.3, -0.25) is 0 Å². The Bertz CT molecular complexity index is 617. The van der Waals surface area contributed by atoms with Gasteiger partial charge in [0.25, 0.3) is 0 Å². The van der Waals surface area contributed by atoms with Crippen LogP contribution < -0.4 is 4.74 Å². The zero-order valence-electron chi connectivity index (χ0n) is 14.0. The molecule has 1 rings (SSSR count). The molecule has 0 aliphatic rings. The van der Waals surface area contributed by atoms with Gasteiger partial charge in [0, 0.05) is 11.6 Å². The van der Waals surface area contributed by atoms with Crippen LogP contribution in [0.25, 0.3) is 0 Å². The second-order valence-corrected chi connectivity index (χ2v) is 7.28. The Morgan fingerprint density at radius 3 is 2.42 bits per heavy atom. The smallest absolute Gasteiger partial charge is 0.416 e. The van der Waals surface area contributed by atoms with Crippen molar-refractivity contribution in [3.8, 4) is 5.75 Å². The van der Waals surface area contributed by atoms with E-state index in [1.807, 2.05) is 22.6 Å². The van der Waals surface area contributed by atoms with Crippen molar-refractivity contribution in [3.63, 3.8) is 0 Å². The minimum absolute atomic E-state index is 0.0607. The van der Waals surface area contributed by atoms with Crippen molar-refractivity contribution in [1.82, 2.24) is 0 Å². The predicted molar refractivity (Wildman–Crippen MR) is 94.0 cm³/mol. The molecule has 134 valence electrons. The molecule has 0 bridgehead atoms. The average Bonchev–Trinajstić information content (AvgIpc) is 2.38. The van der Waals surface area contributed by atoms with Crippen LogP contribution in [0, 0.1) is 10.5 Å². The first kappa shape index (κ1) is 20.8. The molecule has 7 heteroatoms. The molecule has 0 N–H and O–H groups in total. The third-order valence-electron chi connectivity index (χ3n) is 2.85. The number of hydrogen-bond donors (Lipinski definition) is 0. The zero-order valence-corrected chi connectivity index (χ0v) is 16.1. The van der Waals surface area contributed by atoms with E-state index < -0.39 is 23.3 Å². The number of halogens is 4. The molecule has 0 unspecified atom stereocenters. The topological polar surface area (TPSA) is 35.5 Å². The molecule has 0 spiro atoms. The molecule has 24 heavy (non-hydrogen) atoms. The molecule has 0 atom stereocenters. The van der Waals surface area contributed by atoms with Gasteiger partial charge in [-0.05, 0) is 68.8 Å². The second-order valence-electron chi connectivity index (χ2n) is 6.12. The van der Waals surface area contributed by atoms with Gasteiger partial charge in [0.2, 0.25) is 0 Å². The van der Waals surface area contributed by atoms with Crippen molar-refractivity contribution in [1.29, 1.82) is 0 Å². The molecule has 3 nitrogen and oxygen atoms in total. The van der Waals surface area contributed by atoms with E-state index in [-0.39, 0.29) is 17.9 Å². The minimum atomic E-state index is -4.41. The summed E-state index contributed by atoms with van der Waals surface area (Å²) in [6.45, 7) is 6.84. The summed E-state index contributed by atoms with van der Waals surface area (Å²) in [5.41, 5.74) is -1.21. The summed E-state index contributed by atoms with van der Waals surface area (Å²) in [5, 5.41) is 0. The Kier molecular flexibility index (Phi) is 7.12. The van der Waals surface area contributed by atoms with Gasteiger partial charge in [-0.15, -0.1) is 0 Å². The summed E-state index contributed by atoms with van der Waals surface area (Å²) in [7, 11) is 0. The SMILES string of the molecule is Cc1c(C(F)(F)F)ccc(I)c1OCCC=CC(=O)OC(C)(C)C. The van der Waals surface area contributed by atoms with E-state index in [2.05, 4.69) is 0 Å². The van der Waals surface area contributed by atoms with Crippen LogP contribution in [0.1, 0.15) is 38.3 Å². The lowest BCUT2D eigenvalue weighted by Crippen LogP contribution is -2.22. The number of alkyl halides is 3. The lowest BCUT2D eigenvalue weighted by atomic mass is 10.1. The lowest BCUT2D eigenvalue weighted by molar-refractivity contribution is -0.148. The van der Waals surface area contributed by atoms with Gasteiger partial charge in [-0.2, -0.15) is 13.2 Å². The highest BCUT2D eigenvalue weighted by Crippen LogP contribution is 2.37. The second kappa shape index (κ2) is 8.22. The first-order chi connectivity index (χ1) is 10.9. The molecule has 0 aliphatic carbocycles. The maximum atomic E-state index is 12.9. The van der Waals surface area contributed by atoms with Crippen molar-refractivity contribution in [2.24, 2.45) is 0 Å². The Balaban J connectivity index is 2.64. The first-order valence-corrected chi connectivity index (χ1v) is 8.38. The Morgan fingerprint density at radius 1 is 1.25 bits per heavy atom. The maximum Gasteiger partial charge on any atom is 0.416 e. The number of carbonyl (C=O) groups excluding carboxylic acids is 1. The monoisotopic (exact) mass is 456 g/mol. The van der Waals surface area contributed by atoms with Gasteiger partial charge in [-0.25, -0.2) is 4.79 Å². The minimum Gasteiger partial charge on any atom is -0.492 e. The van der Waals surface area contributed by atoms with Crippen LogP contribution in [0.2, 0.25) is 0 Å². The molecule has 1 aromatic carbocycles. The number of benzene rings is 1. The predicted octanol–water partition coefficient (Wildman–Crippen LogP) is 5.29. The Morgan fingerprint density at radius 2 is 1.88 bits per heavy atom. The van der Waals surface area contributed by atoms with Crippen molar-refractivity contribution in [3.05, 3.63) is 39.0 Å². The highest BCUT2D eigenvalue weighted by Gasteiger charge is 2.33. The van der Waals surface area contributed by atoms with Crippen molar-refractivity contribution >= 4 is 28.6 Å². The van der Waals surface area contributed by atoms with Crippen molar-refractivity contribution in [2.45, 2.75) is 45.9 Å². The fourth-order valence-electron chi connectivity index (χ4n) is 1.89. The van der Waals surface area contributed by atoms with E-state index in [0.717, 1.165) is 6.07 Å². The number of rotatable bonds is 5. The highest BCUT2D eigenvalue weighted by atomic mass is 127. The summed E-state index contributed by atoms with van der Waals surface area (Å²) in [4.78, 5) is 11.5. The lowest BCUT2D eigenvalue weighted by Gasteiger charge is -2.18. The van der Waals surface area contributed by atoms with Gasteiger partial charge in [0.1, 0.15) is 11.4 Å². The Labute approximate surface area is 153 Å². The third kappa shape index (κ3) is 6.70. The van der Waals surface area contributed by atoms with Crippen molar-refractivity contribution in [2.75, 3.05) is 6.61 Å². The quantitative estimate of drug-likeness (QED) is 0.262. The average molecular weight is 456 g/mol. The van der Waals surface area contributed by atoms with Crippen LogP contribution in [-0.2, 0) is 15.7 Å². The molecule has 0 saturated heterocycles. The number of esters is 1. The first-order valence-electron chi connectivity index (χ1n) is 7.30. The molecule has 0 heterocycles. The third-order valence-corrected chi connectivity index (χ3v) is 3.70. The molecule has 0 saturated carbocycles. The van der Waals surface area contributed by atoms with Crippen LogP contribution in [0.3, 0.4) is 0 Å². The fraction of sp³-hybridized carbons (Fsp3) is 0.471. The van der Waals surface area contributed by atoms with E-state index >= 15 is 0 Å². The summed E-state index contributed by atoms with van der Waals surface area (Å²) in [5.74, 6) is -0.247. The van der Waals surface area contributed by atoms with E-state index in [1.165, 1.54) is 19.1 Å². The van der Waals surface area contributed by atoms with E-state index in [9.17, 15) is 18.0 Å². The Hall–Kier alpha value is -1.25. The molecule has 0 fully saturated rings. The van der Waals surface area contributed by atoms with Gasteiger partial charge >= 0.3 is 12.1 Å². The van der Waals surface area contributed by atoms with Gasteiger partial charge in [-0.1, -0.05) is 6.08 Å². The van der Waals surface area contributed by atoms with Crippen LogP contribution in [0.15, 0.2) is 24.3 Å². The van der Waals surface area contributed by atoms with Gasteiger partial charge in [0.15, 0.2) is 0 Å². The van der Waals surface area contributed by atoms with Crippen LogP contribution in [0.5, 0.6) is 5.75 Å². The molecular weight excluding hydrogens is 436 g/mol. The summed E-state index contributed by atoms with van der Waals surface area (Å²) in [6.07, 6.45) is -1.17. The van der Waals surface area contributed by atoms with Crippen LogP contribution in [0.4, 0.5) is 13.2 Å². The largest absolute Gasteiger partial charge is 0.492 e. The van der Waals surface area contributed by atoms with Crippen LogP contribution >= 0.6 is 22.6 Å². The van der Waals surface area contributed by atoms with Gasteiger partial charge < -0.3 is 9.47 Å². The molecule has 1 aromatic rings. The summed E-state index contributed by atoms with van der Waals surface area (Å²) < 4.78 is 49.9. The number of ether oxygens (including phenoxy) is 2. The molecule has 0 aliphatic heterocycles. The number of carbonyl (C=O) groups is 1. The molecule has 0 aromatic heterocycles. The summed E-state index contributed by atoms with van der Waals surface area (Å²) in [6, 6.07) is 2.43. The van der Waals surface area contributed by atoms with E-state index in [4.69, 9.17) is 9.47 Å². The fourth-order valence-corrected chi connectivity index (χ4v) is 2.63.